The Morgan fingerprint density at radius 3 is 2.50 bits per heavy atom. The van der Waals surface area contributed by atoms with Crippen molar-refractivity contribution in [3.63, 3.8) is 0 Å². The summed E-state index contributed by atoms with van der Waals surface area (Å²) in [5, 5.41) is 13.0. The maximum absolute atomic E-state index is 14.5. The number of ether oxygens (including phenoxy) is 1. The van der Waals surface area contributed by atoms with Crippen molar-refractivity contribution in [2.45, 2.75) is 37.6 Å². The zero-order valence-corrected chi connectivity index (χ0v) is 22.6. The van der Waals surface area contributed by atoms with E-state index in [0.29, 0.717) is 55.3 Å². The molecule has 5 rings (SSSR count). The fourth-order valence-corrected chi connectivity index (χ4v) is 5.79. The summed E-state index contributed by atoms with van der Waals surface area (Å²) in [5.41, 5.74) is 6.24. The molecule has 2 aliphatic rings. The third-order valence-electron chi connectivity index (χ3n) is 7.48. The van der Waals surface area contributed by atoms with Crippen molar-refractivity contribution in [2.24, 2.45) is 5.41 Å². The van der Waals surface area contributed by atoms with Crippen molar-refractivity contribution in [2.75, 3.05) is 30.3 Å². The Labute approximate surface area is 238 Å². The summed E-state index contributed by atoms with van der Waals surface area (Å²) in [4.78, 5) is 21.4. The van der Waals surface area contributed by atoms with E-state index in [0.717, 1.165) is 0 Å². The van der Waals surface area contributed by atoms with E-state index >= 15 is 0 Å². The highest BCUT2D eigenvalue weighted by Gasteiger charge is 2.46. The van der Waals surface area contributed by atoms with Crippen LogP contribution in [-0.2, 0) is 4.79 Å². The van der Waals surface area contributed by atoms with Crippen LogP contribution < -0.4 is 20.7 Å². The van der Waals surface area contributed by atoms with Crippen LogP contribution in [0.2, 0.25) is 10.0 Å². The van der Waals surface area contributed by atoms with Gasteiger partial charge in [0, 0.05) is 41.3 Å². The second-order valence-electron chi connectivity index (χ2n) is 10.2. The third-order valence-corrected chi connectivity index (χ3v) is 7.95. The first-order valence-corrected chi connectivity index (χ1v) is 13.3. The zero-order valence-electron chi connectivity index (χ0n) is 21.1. The molecular weight excluding hydrogens is 570 g/mol. The number of carboxylic acids is 1. The first kappa shape index (κ1) is 28.3. The predicted octanol–water partition coefficient (Wildman–Crippen LogP) is 5.75. The summed E-state index contributed by atoms with van der Waals surface area (Å²) in [6.45, 7) is 1.66. The molecule has 0 saturated carbocycles. The molecule has 212 valence electrons. The number of aromatic nitrogens is 2. The largest absolute Gasteiger partial charge is 0.480 e. The number of benzene rings is 2. The average molecular weight is 596 g/mol. The highest BCUT2D eigenvalue weighted by atomic mass is 35.5. The minimum atomic E-state index is -4.81. The second-order valence-corrected chi connectivity index (χ2v) is 11.0. The van der Waals surface area contributed by atoms with Crippen LogP contribution in [0.3, 0.4) is 0 Å². The third kappa shape index (κ3) is 6.06. The summed E-state index contributed by atoms with van der Waals surface area (Å²) in [6.07, 6.45) is -5.27. The Hall–Kier alpha value is -3.28. The number of carboxylic acid groups (broad SMARTS) is 1. The van der Waals surface area contributed by atoms with E-state index < -0.39 is 24.3 Å². The van der Waals surface area contributed by atoms with E-state index in [1.807, 2.05) is 4.90 Å². The van der Waals surface area contributed by atoms with Crippen molar-refractivity contribution in [3.8, 4) is 17.0 Å². The van der Waals surface area contributed by atoms with Crippen molar-refractivity contribution in [1.29, 1.82) is 0 Å². The van der Waals surface area contributed by atoms with Crippen LogP contribution in [0.5, 0.6) is 5.88 Å². The molecule has 0 bridgehead atoms. The highest BCUT2D eigenvalue weighted by Crippen LogP contribution is 2.43. The molecule has 2 atom stereocenters. The first-order valence-electron chi connectivity index (χ1n) is 12.6. The summed E-state index contributed by atoms with van der Waals surface area (Å²) in [7, 11) is 0. The van der Waals surface area contributed by atoms with Gasteiger partial charge in [-0.05, 0) is 60.1 Å². The summed E-state index contributed by atoms with van der Waals surface area (Å²) in [6, 6.07) is 11.3. The van der Waals surface area contributed by atoms with Crippen molar-refractivity contribution in [3.05, 3.63) is 64.1 Å². The van der Waals surface area contributed by atoms with Crippen LogP contribution >= 0.6 is 23.2 Å². The maximum atomic E-state index is 14.5. The molecule has 2 unspecified atom stereocenters. The molecule has 40 heavy (non-hydrogen) atoms. The fourth-order valence-electron chi connectivity index (χ4n) is 5.43. The number of nitrogens with two attached hydrogens (primary N) is 1. The minimum absolute atomic E-state index is 0.149. The normalized spacial score (nSPS) is 19.5. The van der Waals surface area contributed by atoms with Gasteiger partial charge in [0.1, 0.15) is 11.9 Å². The van der Waals surface area contributed by atoms with Gasteiger partial charge in [-0.3, -0.25) is 4.79 Å². The van der Waals surface area contributed by atoms with Crippen LogP contribution in [0.25, 0.3) is 11.1 Å². The average Bonchev–Trinajstić information content (AvgIpc) is 3.31. The quantitative estimate of drug-likeness (QED) is 0.330. The lowest BCUT2D eigenvalue weighted by molar-refractivity contribution is -0.198. The fraction of sp³-hybridized carbons (Fsp3) is 0.370. The number of hydrogen-bond donors (Lipinski definition) is 3. The summed E-state index contributed by atoms with van der Waals surface area (Å²) >= 11 is 12.3. The Kier molecular flexibility index (Phi) is 7.73. The van der Waals surface area contributed by atoms with Crippen LogP contribution in [-0.4, -0.2) is 52.9 Å². The van der Waals surface area contributed by atoms with E-state index in [9.17, 15) is 23.1 Å². The monoisotopic (exact) mass is 595 g/mol. The van der Waals surface area contributed by atoms with Gasteiger partial charge >= 0.3 is 12.1 Å². The number of nitrogen functional groups attached to an aromatic ring is 1. The van der Waals surface area contributed by atoms with E-state index in [-0.39, 0.29) is 33.4 Å². The number of nitrogens with one attached hydrogen (secondary N) is 1. The summed E-state index contributed by atoms with van der Waals surface area (Å²) in [5.74, 6) is -1.09. The SMILES string of the molecule is Nc1nc(OC(c2ccc(Cl)cc2-c2cccc(Cl)c2)C(F)(F)F)cc(N2CCC3(CC2)CNC(C(=O)O)C3)n1. The number of alkyl halides is 3. The van der Waals surface area contributed by atoms with Gasteiger partial charge in [-0.2, -0.15) is 23.1 Å². The molecule has 3 aromatic rings. The molecule has 0 amide bonds. The summed E-state index contributed by atoms with van der Waals surface area (Å²) < 4.78 is 48.9. The molecule has 1 aromatic heterocycles. The van der Waals surface area contributed by atoms with Gasteiger partial charge in [0.15, 0.2) is 0 Å². The molecule has 2 saturated heterocycles. The molecule has 0 radical (unpaired) electrons. The minimum Gasteiger partial charge on any atom is -0.480 e. The number of aliphatic carboxylic acids is 1. The van der Waals surface area contributed by atoms with E-state index in [1.165, 1.54) is 24.3 Å². The topological polar surface area (TPSA) is 114 Å². The van der Waals surface area contributed by atoms with Gasteiger partial charge < -0.3 is 25.8 Å². The van der Waals surface area contributed by atoms with Crippen molar-refractivity contribution < 1.29 is 27.8 Å². The van der Waals surface area contributed by atoms with Gasteiger partial charge in [0.05, 0.1) is 0 Å². The molecule has 4 N–H and O–H groups in total. The molecule has 3 heterocycles. The molecule has 2 fully saturated rings. The molecule has 2 aromatic carbocycles. The van der Waals surface area contributed by atoms with Gasteiger partial charge in [-0.15, -0.1) is 0 Å². The molecule has 0 aliphatic carbocycles. The lowest BCUT2D eigenvalue weighted by Gasteiger charge is -2.39. The molecule has 1 spiro atoms. The maximum Gasteiger partial charge on any atom is 0.429 e. The van der Waals surface area contributed by atoms with Gasteiger partial charge in [0.2, 0.25) is 17.9 Å². The van der Waals surface area contributed by atoms with E-state index in [1.54, 1.807) is 24.3 Å². The lowest BCUT2D eigenvalue weighted by Crippen LogP contribution is -2.41. The van der Waals surface area contributed by atoms with E-state index in [2.05, 4.69) is 15.3 Å². The van der Waals surface area contributed by atoms with Crippen LogP contribution in [0.15, 0.2) is 48.5 Å². The van der Waals surface area contributed by atoms with Crippen LogP contribution in [0.4, 0.5) is 24.9 Å². The number of nitrogens with zero attached hydrogens (tertiary/aromatic N) is 3. The lowest BCUT2D eigenvalue weighted by atomic mass is 9.76. The van der Waals surface area contributed by atoms with Gasteiger partial charge in [-0.1, -0.05) is 41.4 Å². The van der Waals surface area contributed by atoms with Crippen molar-refractivity contribution >= 4 is 40.9 Å². The number of anilines is 2. The number of halogens is 5. The smallest absolute Gasteiger partial charge is 0.429 e. The first-order chi connectivity index (χ1) is 18.9. The van der Waals surface area contributed by atoms with Crippen LogP contribution in [0, 0.1) is 5.41 Å². The number of piperidine rings is 1. The Bertz CT molecular complexity index is 1420. The molecular formula is C27H26Cl2F3N5O3. The van der Waals surface area contributed by atoms with Gasteiger partial charge in [0.25, 0.3) is 0 Å². The van der Waals surface area contributed by atoms with Gasteiger partial charge in [-0.25, -0.2) is 0 Å². The number of rotatable bonds is 6. The molecule has 2 aliphatic heterocycles. The van der Waals surface area contributed by atoms with Crippen molar-refractivity contribution in [1.82, 2.24) is 15.3 Å². The molecule has 13 heteroatoms. The Morgan fingerprint density at radius 1 is 1.12 bits per heavy atom. The highest BCUT2D eigenvalue weighted by molar-refractivity contribution is 6.31. The van der Waals surface area contributed by atoms with Crippen LogP contribution in [0.1, 0.15) is 30.9 Å². The molecule has 8 nitrogen and oxygen atoms in total. The Morgan fingerprint density at radius 2 is 1.85 bits per heavy atom. The standard InChI is InChI=1S/C27H26Cl2F3N5O3/c28-16-3-1-2-15(10-16)19-11-17(29)4-5-18(19)23(27(30,31)32)40-22-12-21(35-25(33)36-22)37-8-6-26(7-9-37)13-20(24(38)39)34-14-26/h1-5,10-12,20,23,34H,6-9,13-14H2,(H,38,39)(H2,33,35,36). The van der Waals surface area contributed by atoms with E-state index in [4.69, 9.17) is 33.7 Å². The number of carbonyl (C=O) groups is 1. The number of hydrogen-bond acceptors (Lipinski definition) is 7. The zero-order chi connectivity index (χ0) is 28.7. The Balaban J connectivity index is 1.41. The predicted molar refractivity (Wildman–Crippen MR) is 146 cm³/mol. The second kappa shape index (κ2) is 10.9.